The number of aliphatic hydroxyl groups excluding tert-OH is 1. The Kier molecular flexibility index (Phi) is 4.31. The first-order chi connectivity index (χ1) is 6.74. The number of rotatable bonds is 5. The van der Waals surface area contributed by atoms with Crippen molar-refractivity contribution in [1.29, 1.82) is 0 Å². The van der Waals surface area contributed by atoms with Crippen LogP contribution in [0.1, 0.15) is 18.7 Å². The summed E-state index contributed by atoms with van der Waals surface area (Å²) >= 11 is 0. The fourth-order valence-corrected chi connectivity index (χ4v) is 0.928. The number of aliphatic hydroxyl groups is 1. The van der Waals surface area contributed by atoms with E-state index in [1.807, 2.05) is 6.92 Å². The molecular formula is C9H14N2O3. The van der Waals surface area contributed by atoms with Gasteiger partial charge in [-0.1, -0.05) is 0 Å². The minimum absolute atomic E-state index is 0.0235. The summed E-state index contributed by atoms with van der Waals surface area (Å²) in [7, 11) is 0. The van der Waals surface area contributed by atoms with Crippen molar-refractivity contribution in [3.63, 3.8) is 0 Å². The van der Waals surface area contributed by atoms with Gasteiger partial charge in [0.05, 0.1) is 18.5 Å². The van der Waals surface area contributed by atoms with Gasteiger partial charge in [-0.3, -0.25) is 9.82 Å². The quantitative estimate of drug-likeness (QED) is 0.470. The van der Waals surface area contributed by atoms with E-state index in [0.29, 0.717) is 12.2 Å². The number of aromatic hydroxyl groups is 1. The Morgan fingerprint density at radius 3 is 2.93 bits per heavy atom. The highest BCUT2D eigenvalue weighted by Crippen LogP contribution is 2.14. The fourth-order valence-electron chi connectivity index (χ4n) is 0.928. The van der Waals surface area contributed by atoms with E-state index in [4.69, 9.17) is 15.1 Å². The highest BCUT2D eigenvalue weighted by molar-refractivity contribution is 5.18. The highest BCUT2D eigenvalue weighted by atomic mass is 16.7. The van der Waals surface area contributed by atoms with Crippen LogP contribution >= 0.6 is 0 Å². The van der Waals surface area contributed by atoms with E-state index in [1.54, 1.807) is 12.1 Å². The molecule has 0 aliphatic heterocycles. The zero-order chi connectivity index (χ0) is 10.4. The second-order valence-corrected chi connectivity index (χ2v) is 2.82. The van der Waals surface area contributed by atoms with Crippen LogP contribution in [0.2, 0.25) is 0 Å². The average molecular weight is 198 g/mol. The number of nitrogens with zero attached hydrogens (tertiary/aromatic N) is 1. The van der Waals surface area contributed by atoms with Crippen molar-refractivity contribution < 1.29 is 15.1 Å². The predicted molar refractivity (Wildman–Crippen MR) is 50.5 cm³/mol. The second-order valence-electron chi connectivity index (χ2n) is 2.82. The normalized spacial score (nSPS) is 12.7. The number of nitrogens with one attached hydrogen (secondary N) is 1. The zero-order valence-corrected chi connectivity index (χ0v) is 7.97. The highest BCUT2D eigenvalue weighted by Gasteiger charge is 2.06. The number of pyridine rings is 1. The van der Waals surface area contributed by atoms with E-state index in [2.05, 4.69) is 10.5 Å². The van der Waals surface area contributed by atoms with Crippen LogP contribution in [0.4, 0.5) is 0 Å². The number of hydrogen-bond donors (Lipinski definition) is 3. The third kappa shape index (κ3) is 3.29. The smallest absolute Gasteiger partial charge is 0.133 e. The van der Waals surface area contributed by atoms with Gasteiger partial charge < -0.3 is 10.2 Å². The Hall–Kier alpha value is -1.17. The number of aromatic nitrogens is 1. The van der Waals surface area contributed by atoms with Crippen LogP contribution in [0.3, 0.4) is 0 Å². The minimum Gasteiger partial charge on any atom is -0.506 e. The van der Waals surface area contributed by atoms with Crippen LogP contribution in [0, 0.1) is 0 Å². The van der Waals surface area contributed by atoms with Crippen LogP contribution in [0.15, 0.2) is 18.3 Å². The van der Waals surface area contributed by atoms with Crippen molar-refractivity contribution in [1.82, 2.24) is 10.5 Å². The molecule has 1 aromatic heterocycles. The molecule has 0 radical (unpaired) electrons. The standard InChI is InChI=1S/C9H14N2O3/c1-7(14-11-4-5-12)9-3-2-8(13)6-10-9/h2-3,6-7,11-13H,4-5H2,1H3. The molecule has 1 heterocycles. The molecule has 1 aromatic rings. The van der Waals surface area contributed by atoms with Crippen LogP contribution in [0.25, 0.3) is 0 Å². The molecule has 0 bridgehead atoms. The van der Waals surface area contributed by atoms with Gasteiger partial charge in [0.2, 0.25) is 0 Å². The molecule has 1 atom stereocenters. The minimum atomic E-state index is -0.220. The summed E-state index contributed by atoms with van der Waals surface area (Å²) in [6.07, 6.45) is 1.14. The van der Waals surface area contributed by atoms with Gasteiger partial charge >= 0.3 is 0 Å². The van der Waals surface area contributed by atoms with Gasteiger partial charge in [0.15, 0.2) is 0 Å². The van der Waals surface area contributed by atoms with Crippen molar-refractivity contribution in [3.05, 3.63) is 24.0 Å². The summed E-state index contributed by atoms with van der Waals surface area (Å²) in [6.45, 7) is 2.22. The Morgan fingerprint density at radius 1 is 1.57 bits per heavy atom. The topological polar surface area (TPSA) is 74.6 Å². The van der Waals surface area contributed by atoms with Crippen LogP contribution in [-0.4, -0.2) is 28.3 Å². The first-order valence-electron chi connectivity index (χ1n) is 4.38. The maximum atomic E-state index is 9.00. The largest absolute Gasteiger partial charge is 0.506 e. The van der Waals surface area contributed by atoms with Crippen LogP contribution < -0.4 is 5.48 Å². The van der Waals surface area contributed by atoms with Crippen LogP contribution in [0.5, 0.6) is 5.75 Å². The van der Waals surface area contributed by atoms with E-state index < -0.39 is 0 Å². The van der Waals surface area contributed by atoms with Crippen LogP contribution in [-0.2, 0) is 4.84 Å². The summed E-state index contributed by atoms with van der Waals surface area (Å²) in [5.41, 5.74) is 3.31. The van der Waals surface area contributed by atoms with Gasteiger partial charge in [0.25, 0.3) is 0 Å². The van der Waals surface area contributed by atoms with Crippen molar-refractivity contribution in [2.45, 2.75) is 13.0 Å². The van der Waals surface area contributed by atoms with E-state index in [9.17, 15) is 0 Å². The molecule has 0 amide bonds. The number of hydrogen-bond acceptors (Lipinski definition) is 5. The molecule has 5 heteroatoms. The van der Waals surface area contributed by atoms with Gasteiger partial charge in [0, 0.05) is 6.54 Å². The molecule has 78 valence electrons. The molecular weight excluding hydrogens is 184 g/mol. The molecule has 0 fully saturated rings. The Labute approximate surface area is 82.3 Å². The molecule has 1 rings (SSSR count). The number of hydroxylamine groups is 1. The molecule has 5 nitrogen and oxygen atoms in total. The molecule has 0 saturated heterocycles. The third-order valence-corrected chi connectivity index (χ3v) is 1.66. The van der Waals surface area contributed by atoms with Crippen molar-refractivity contribution >= 4 is 0 Å². The molecule has 14 heavy (non-hydrogen) atoms. The lowest BCUT2D eigenvalue weighted by atomic mass is 10.2. The zero-order valence-electron chi connectivity index (χ0n) is 7.97. The molecule has 3 N–H and O–H groups in total. The third-order valence-electron chi connectivity index (χ3n) is 1.66. The lowest BCUT2D eigenvalue weighted by molar-refractivity contribution is -0.0240. The lowest BCUT2D eigenvalue weighted by Crippen LogP contribution is -2.21. The molecule has 0 saturated carbocycles. The second kappa shape index (κ2) is 5.54. The van der Waals surface area contributed by atoms with E-state index >= 15 is 0 Å². The Morgan fingerprint density at radius 2 is 2.36 bits per heavy atom. The van der Waals surface area contributed by atoms with Crippen molar-refractivity contribution in [3.8, 4) is 5.75 Å². The van der Waals surface area contributed by atoms with E-state index in [0.717, 1.165) is 0 Å². The van der Waals surface area contributed by atoms with Crippen molar-refractivity contribution in [2.75, 3.05) is 13.2 Å². The summed E-state index contributed by atoms with van der Waals surface area (Å²) in [6, 6.07) is 3.23. The van der Waals surface area contributed by atoms with Gasteiger partial charge in [0.1, 0.15) is 11.9 Å². The van der Waals surface area contributed by atoms with Gasteiger partial charge in [-0.25, -0.2) is 0 Å². The molecule has 0 aliphatic rings. The van der Waals surface area contributed by atoms with Gasteiger partial charge in [-0.15, -0.1) is 0 Å². The molecule has 0 aliphatic carbocycles. The van der Waals surface area contributed by atoms with E-state index in [1.165, 1.54) is 6.20 Å². The summed E-state index contributed by atoms with van der Waals surface area (Å²) < 4.78 is 0. The predicted octanol–water partition coefficient (Wildman–Crippen LogP) is 0.362. The summed E-state index contributed by atoms with van der Waals surface area (Å²) in [5, 5.41) is 17.5. The molecule has 0 spiro atoms. The van der Waals surface area contributed by atoms with E-state index in [-0.39, 0.29) is 18.5 Å². The van der Waals surface area contributed by atoms with Gasteiger partial charge in [-0.2, -0.15) is 5.48 Å². The lowest BCUT2D eigenvalue weighted by Gasteiger charge is -2.11. The summed E-state index contributed by atoms with van der Waals surface area (Å²) in [4.78, 5) is 9.13. The maximum Gasteiger partial charge on any atom is 0.133 e. The Balaban J connectivity index is 2.43. The first-order valence-corrected chi connectivity index (χ1v) is 4.38. The SMILES string of the molecule is CC(ONCCO)c1ccc(O)cn1. The van der Waals surface area contributed by atoms with Gasteiger partial charge in [-0.05, 0) is 19.1 Å². The molecule has 0 aromatic carbocycles. The van der Waals surface area contributed by atoms with Crippen molar-refractivity contribution in [2.24, 2.45) is 0 Å². The maximum absolute atomic E-state index is 9.00. The Bertz CT molecular complexity index is 263. The average Bonchev–Trinajstić information content (AvgIpc) is 2.19. The monoisotopic (exact) mass is 198 g/mol. The first kappa shape index (κ1) is 10.9. The fraction of sp³-hybridized carbons (Fsp3) is 0.444. The molecule has 1 unspecified atom stereocenters. The summed E-state index contributed by atoms with van der Waals surface area (Å²) in [5.74, 6) is 0.129.